The van der Waals surface area contributed by atoms with Crippen molar-refractivity contribution in [3.63, 3.8) is 0 Å². The maximum absolute atomic E-state index is 14.1. The van der Waals surface area contributed by atoms with E-state index >= 15 is 0 Å². The minimum absolute atomic E-state index is 0.0409. The summed E-state index contributed by atoms with van der Waals surface area (Å²) in [5, 5.41) is 9.19. The summed E-state index contributed by atoms with van der Waals surface area (Å²) < 4.78 is 2.10. The number of para-hydroxylation sites is 2. The summed E-state index contributed by atoms with van der Waals surface area (Å²) in [5.41, 5.74) is 1.89. The molecule has 1 N–H and O–H groups in total. The topological polar surface area (TPSA) is 78.7 Å². The number of aromatic nitrogens is 2. The van der Waals surface area contributed by atoms with Crippen molar-refractivity contribution in [2.24, 2.45) is 5.92 Å². The quantitative estimate of drug-likeness (QED) is 0.588. The Morgan fingerprint density at radius 1 is 0.838 bits per heavy atom. The molecule has 2 aromatic rings. The largest absolute Gasteiger partial charge is 0.481 e. The molecule has 3 atom stereocenters. The van der Waals surface area contributed by atoms with Gasteiger partial charge in [0, 0.05) is 43.7 Å². The van der Waals surface area contributed by atoms with Gasteiger partial charge in [0.15, 0.2) is 5.82 Å². The van der Waals surface area contributed by atoms with Crippen LogP contribution >= 0.6 is 0 Å². The van der Waals surface area contributed by atoms with E-state index in [-0.39, 0.29) is 23.9 Å². The van der Waals surface area contributed by atoms with Crippen LogP contribution < -0.4 is 10.5 Å². The molecule has 37 heavy (non-hydrogen) atoms. The Kier molecular flexibility index (Phi) is 7.24. The van der Waals surface area contributed by atoms with E-state index in [1.807, 2.05) is 18.2 Å². The summed E-state index contributed by atoms with van der Waals surface area (Å²) in [6, 6.07) is 10.2. The van der Waals surface area contributed by atoms with Crippen molar-refractivity contribution in [3.8, 4) is 0 Å². The van der Waals surface area contributed by atoms with E-state index in [1.165, 1.54) is 57.8 Å². The van der Waals surface area contributed by atoms with Gasteiger partial charge in [-0.25, -0.2) is 4.98 Å². The molecule has 200 valence electrons. The lowest BCUT2D eigenvalue weighted by Gasteiger charge is -2.45. The molecule has 4 aliphatic rings. The first-order valence-electron chi connectivity index (χ1n) is 14.8. The monoisotopic (exact) mass is 506 g/mol. The van der Waals surface area contributed by atoms with Crippen LogP contribution in [0.1, 0.15) is 95.9 Å². The van der Waals surface area contributed by atoms with Crippen LogP contribution in [0.5, 0.6) is 0 Å². The predicted molar refractivity (Wildman–Crippen MR) is 146 cm³/mol. The number of carbonyl (C=O) groups is 1. The van der Waals surface area contributed by atoms with E-state index in [2.05, 4.69) is 20.4 Å². The van der Waals surface area contributed by atoms with Crippen LogP contribution in [0.4, 0.5) is 5.82 Å². The number of piperidine rings is 2. The second kappa shape index (κ2) is 10.8. The van der Waals surface area contributed by atoms with Gasteiger partial charge < -0.3 is 14.6 Å². The molecule has 7 heteroatoms. The van der Waals surface area contributed by atoms with Gasteiger partial charge in [0.05, 0.1) is 11.0 Å². The zero-order chi connectivity index (χ0) is 25.4. The highest BCUT2D eigenvalue weighted by molar-refractivity contribution is 5.76. The first kappa shape index (κ1) is 24.9. The van der Waals surface area contributed by atoms with Crippen LogP contribution in [0.3, 0.4) is 0 Å². The Morgan fingerprint density at radius 2 is 1.49 bits per heavy atom. The number of anilines is 1. The molecule has 2 unspecified atom stereocenters. The lowest BCUT2D eigenvalue weighted by molar-refractivity contribution is -0.138. The smallest absolute Gasteiger partial charge is 0.303 e. The summed E-state index contributed by atoms with van der Waals surface area (Å²) in [5.74, 6) is 0.0111. The lowest BCUT2D eigenvalue weighted by Crippen LogP contribution is -2.50. The van der Waals surface area contributed by atoms with Crippen molar-refractivity contribution in [1.29, 1.82) is 0 Å². The summed E-state index contributed by atoms with van der Waals surface area (Å²) in [6.45, 7) is 1.40. The zero-order valence-electron chi connectivity index (χ0n) is 22.1. The number of fused-ring (bicyclic) bond motifs is 3. The minimum Gasteiger partial charge on any atom is -0.481 e. The number of aliphatic carboxylic acids is 1. The molecule has 1 aliphatic carbocycles. The second-order valence-corrected chi connectivity index (χ2v) is 12.1. The van der Waals surface area contributed by atoms with Crippen molar-refractivity contribution in [2.75, 3.05) is 18.0 Å². The van der Waals surface area contributed by atoms with E-state index in [1.54, 1.807) is 0 Å². The van der Waals surface area contributed by atoms with Crippen molar-refractivity contribution >= 4 is 22.8 Å². The fourth-order valence-electron chi connectivity index (χ4n) is 8.03. The SMILES string of the molecule is O=C(O)CC1CCN(c2nc3ccccc3n(C3CC4CC[C@@H](C3)N4C3CCCCCCC3)c2=O)CC1. The van der Waals surface area contributed by atoms with Crippen molar-refractivity contribution in [2.45, 2.75) is 114 Å². The van der Waals surface area contributed by atoms with E-state index < -0.39 is 5.97 Å². The Balaban J connectivity index is 1.27. The number of rotatable bonds is 5. The first-order chi connectivity index (χ1) is 18.1. The molecule has 6 rings (SSSR count). The Labute approximate surface area is 219 Å². The molecule has 4 heterocycles. The van der Waals surface area contributed by atoms with E-state index in [0.29, 0.717) is 31.0 Å². The lowest BCUT2D eigenvalue weighted by atomic mass is 9.89. The molecule has 1 saturated carbocycles. The molecule has 0 spiro atoms. The molecule has 3 aliphatic heterocycles. The zero-order valence-corrected chi connectivity index (χ0v) is 22.1. The number of carboxylic acids is 1. The average molecular weight is 507 g/mol. The number of benzene rings is 1. The third kappa shape index (κ3) is 5.04. The van der Waals surface area contributed by atoms with Gasteiger partial charge in [0.25, 0.3) is 5.56 Å². The number of hydrogen-bond acceptors (Lipinski definition) is 5. The highest BCUT2D eigenvalue weighted by Gasteiger charge is 2.44. The summed E-state index contributed by atoms with van der Waals surface area (Å²) >= 11 is 0. The number of hydrogen-bond donors (Lipinski definition) is 1. The molecule has 7 nitrogen and oxygen atoms in total. The molecular formula is C30H42N4O3. The normalized spacial score (nSPS) is 28.3. The van der Waals surface area contributed by atoms with Gasteiger partial charge in [-0.3, -0.25) is 14.5 Å². The third-order valence-electron chi connectivity index (χ3n) is 9.78. The molecule has 1 aromatic heterocycles. The summed E-state index contributed by atoms with van der Waals surface area (Å²) in [7, 11) is 0. The molecular weight excluding hydrogens is 464 g/mol. The highest BCUT2D eigenvalue weighted by atomic mass is 16.4. The maximum atomic E-state index is 14.1. The number of nitrogens with zero attached hydrogens (tertiary/aromatic N) is 4. The van der Waals surface area contributed by atoms with Gasteiger partial charge >= 0.3 is 5.97 Å². The van der Waals surface area contributed by atoms with Gasteiger partial charge in [-0.2, -0.15) is 0 Å². The molecule has 4 fully saturated rings. The number of carboxylic acid groups (broad SMARTS) is 1. The van der Waals surface area contributed by atoms with Crippen LogP contribution in [0.2, 0.25) is 0 Å². The van der Waals surface area contributed by atoms with Crippen LogP contribution in [0.25, 0.3) is 11.0 Å². The Hall–Kier alpha value is -2.41. The van der Waals surface area contributed by atoms with E-state index in [9.17, 15) is 14.7 Å². The van der Waals surface area contributed by atoms with Gasteiger partial charge in [-0.05, 0) is 69.4 Å². The van der Waals surface area contributed by atoms with Gasteiger partial charge in [0.2, 0.25) is 0 Å². The van der Waals surface area contributed by atoms with Gasteiger partial charge in [0.1, 0.15) is 0 Å². The summed E-state index contributed by atoms with van der Waals surface area (Å²) in [4.78, 5) is 35.1. The first-order valence-corrected chi connectivity index (χ1v) is 14.8. The van der Waals surface area contributed by atoms with E-state index in [0.717, 1.165) is 42.8 Å². The predicted octanol–water partition coefficient (Wildman–Crippen LogP) is 5.37. The fraction of sp³-hybridized carbons (Fsp3) is 0.700. The maximum Gasteiger partial charge on any atom is 0.303 e. The summed E-state index contributed by atoms with van der Waals surface area (Å²) in [6.07, 6.45) is 16.0. The minimum atomic E-state index is -0.731. The van der Waals surface area contributed by atoms with Crippen LogP contribution in [0, 0.1) is 5.92 Å². The molecule has 3 saturated heterocycles. The van der Waals surface area contributed by atoms with Crippen LogP contribution in [-0.4, -0.2) is 56.7 Å². The van der Waals surface area contributed by atoms with Crippen molar-refractivity contribution in [3.05, 3.63) is 34.6 Å². The van der Waals surface area contributed by atoms with Crippen LogP contribution in [0.15, 0.2) is 29.1 Å². The molecule has 2 bridgehead atoms. The molecule has 0 amide bonds. The second-order valence-electron chi connectivity index (χ2n) is 12.1. The molecule has 1 aromatic carbocycles. The molecule has 0 radical (unpaired) electrons. The van der Waals surface area contributed by atoms with Crippen molar-refractivity contribution < 1.29 is 9.90 Å². The van der Waals surface area contributed by atoms with Crippen molar-refractivity contribution in [1.82, 2.24) is 14.5 Å². The Bertz CT molecular complexity index is 1150. The van der Waals surface area contributed by atoms with Gasteiger partial charge in [-0.15, -0.1) is 0 Å². The standard InChI is InChI=1S/C30H42N4O3/c35-28(36)18-21-14-16-32(17-15-21)29-30(37)34(27-11-7-6-10-26(27)31-29)25-19-23-12-13-24(20-25)33(23)22-8-4-2-1-3-5-9-22/h6-7,10-11,21-25H,1-5,8-9,12-20H2,(H,35,36)/t23-,24?,25?/m0/s1. The van der Waals surface area contributed by atoms with E-state index in [4.69, 9.17) is 4.98 Å². The fourth-order valence-corrected chi connectivity index (χ4v) is 8.03. The highest BCUT2D eigenvalue weighted by Crippen LogP contribution is 2.44. The van der Waals surface area contributed by atoms with Crippen LogP contribution in [-0.2, 0) is 4.79 Å². The van der Waals surface area contributed by atoms with Gasteiger partial charge in [-0.1, -0.05) is 44.2 Å². The Morgan fingerprint density at radius 3 is 2.16 bits per heavy atom. The average Bonchev–Trinajstić information content (AvgIpc) is 3.12. The third-order valence-corrected chi connectivity index (χ3v) is 9.78.